The van der Waals surface area contributed by atoms with Crippen molar-refractivity contribution in [1.29, 1.82) is 0 Å². The molecule has 2 aliphatic rings. The molecule has 2 aromatic carbocycles. The van der Waals surface area contributed by atoms with E-state index in [1.165, 1.54) is 12.1 Å². The molecule has 0 saturated carbocycles. The molecule has 0 radical (unpaired) electrons. The molecule has 1 aliphatic heterocycles. The molecule has 4 N–H and O–H groups in total. The van der Waals surface area contributed by atoms with Crippen LogP contribution in [0.2, 0.25) is 0 Å². The van der Waals surface area contributed by atoms with Gasteiger partial charge in [0, 0.05) is 31.2 Å². The van der Waals surface area contributed by atoms with Crippen molar-refractivity contribution < 1.29 is 14.3 Å². The minimum absolute atomic E-state index is 0.180. The first-order valence-electron chi connectivity index (χ1n) is 12.2. The molecule has 1 fully saturated rings. The van der Waals surface area contributed by atoms with Crippen LogP contribution in [0.25, 0.3) is 0 Å². The van der Waals surface area contributed by atoms with Crippen molar-refractivity contribution in [3.05, 3.63) is 94.8 Å². The number of hydrogen-bond donors (Lipinski definition) is 3. The molecule has 1 saturated heterocycles. The molecule has 192 valence electrons. The van der Waals surface area contributed by atoms with E-state index in [1.807, 2.05) is 30.3 Å². The molecule has 0 amide bonds. The van der Waals surface area contributed by atoms with E-state index in [0.29, 0.717) is 30.4 Å². The Kier molecular flexibility index (Phi) is 8.35. The molecule has 36 heavy (non-hydrogen) atoms. The van der Waals surface area contributed by atoms with E-state index < -0.39 is 16.0 Å². The van der Waals surface area contributed by atoms with E-state index in [0.717, 1.165) is 26.2 Å². The summed E-state index contributed by atoms with van der Waals surface area (Å²) in [5.41, 5.74) is 5.71. The molecule has 5 nitrogen and oxygen atoms in total. The highest BCUT2D eigenvalue weighted by Gasteiger charge is 2.42. The summed E-state index contributed by atoms with van der Waals surface area (Å²) in [6, 6.07) is 15.2. The van der Waals surface area contributed by atoms with Gasteiger partial charge in [0.15, 0.2) is 10.7 Å². The van der Waals surface area contributed by atoms with E-state index in [4.69, 9.17) is 28.9 Å². The minimum atomic E-state index is -1.42. The smallest absolute Gasteiger partial charge is 0.176 e. The fraction of sp³-hybridized carbons (Fsp3) is 0.393. The van der Waals surface area contributed by atoms with Crippen LogP contribution in [0.3, 0.4) is 0 Å². The average Bonchev–Trinajstić information content (AvgIpc) is 2.88. The Morgan fingerprint density at radius 3 is 2.36 bits per heavy atom. The second kappa shape index (κ2) is 11.1. The fourth-order valence-electron chi connectivity index (χ4n) is 4.85. The van der Waals surface area contributed by atoms with E-state index in [2.05, 4.69) is 10.2 Å². The Bertz CT molecular complexity index is 1120. The number of nitrogens with two attached hydrogens (primary N) is 1. The Morgan fingerprint density at radius 1 is 1.08 bits per heavy atom. The fourth-order valence-corrected chi connectivity index (χ4v) is 5.40. The van der Waals surface area contributed by atoms with Gasteiger partial charge in [-0.15, -0.1) is 0 Å². The van der Waals surface area contributed by atoms with Gasteiger partial charge in [0.05, 0.1) is 12.1 Å². The SMILES string of the molecule is NC1(CCCC(O)(c2ccccc2)c2ccc(F)cc2)C=CC(Cl)(C(=O)CN2CCNCC2)C(Cl)=C1. The van der Waals surface area contributed by atoms with Gasteiger partial charge >= 0.3 is 0 Å². The van der Waals surface area contributed by atoms with Crippen LogP contribution < -0.4 is 11.1 Å². The lowest BCUT2D eigenvalue weighted by molar-refractivity contribution is -0.120. The number of nitrogens with zero attached hydrogens (tertiary/aromatic N) is 1. The lowest BCUT2D eigenvalue weighted by Crippen LogP contribution is -2.50. The number of allylic oxidation sites excluding steroid dienone is 2. The summed E-state index contributed by atoms with van der Waals surface area (Å²) in [5, 5.41) is 15.2. The first-order chi connectivity index (χ1) is 17.1. The van der Waals surface area contributed by atoms with Crippen molar-refractivity contribution in [2.45, 2.75) is 35.3 Å². The van der Waals surface area contributed by atoms with Crippen LogP contribution in [0, 0.1) is 5.82 Å². The Hall–Kier alpha value is -2.06. The van der Waals surface area contributed by atoms with E-state index in [-0.39, 0.29) is 23.2 Å². The van der Waals surface area contributed by atoms with Crippen molar-refractivity contribution in [2.24, 2.45) is 5.73 Å². The van der Waals surface area contributed by atoms with Gasteiger partial charge in [0.25, 0.3) is 0 Å². The van der Waals surface area contributed by atoms with Crippen LogP contribution >= 0.6 is 23.2 Å². The van der Waals surface area contributed by atoms with Crippen LogP contribution in [-0.2, 0) is 10.4 Å². The summed E-state index contributed by atoms with van der Waals surface area (Å²) in [6.07, 6.45) is 6.35. The number of halogens is 3. The number of rotatable bonds is 9. The molecule has 1 aliphatic carbocycles. The number of carbonyl (C=O) groups is 1. The molecule has 3 unspecified atom stereocenters. The van der Waals surface area contributed by atoms with Crippen LogP contribution in [0.1, 0.15) is 30.4 Å². The zero-order chi connectivity index (χ0) is 25.8. The first-order valence-corrected chi connectivity index (χ1v) is 13.0. The van der Waals surface area contributed by atoms with Gasteiger partial charge in [-0.25, -0.2) is 4.39 Å². The second-order valence-electron chi connectivity index (χ2n) is 9.69. The number of aliphatic hydroxyl groups is 1. The van der Waals surface area contributed by atoms with Gasteiger partial charge in [-0.3, -0.25) is 9.69 Å². The molecular formula is C28H32Cl2FN3O2. The number of ketones is 1. The third-order valence-electron chi connectivity index (χ3n) is 7.07. The van der Waals surface area contributed by atoms with Gasteiger partial charge in [0.1, 0.15) is 11.4 Å². The van der Waals surface area contributed by atoms with Crippen LogP contribution in [-0.4, -0.2) is 58.9 Å². The first kappa shape index (κ1) is 27.0. The molecule has 8 heteroatoms. The van der Waals surface area contributed by atoms with Crippen molar-refractivity contribution in [1.82, 2.24) is 10.2 Å². The highest BCUT2D eigenvalue weighted by molar-refractivity contribution is 6.48. The highest BCUT2D eigenvalue weighted by Crippen LogP contribution is 2.40. The number of carbonyl (C=O) groups excluding carboxylic acids is 1. The van der Waals surface area contributed by atoms with Crippen molar-refractivity contribution in [2.75, 3.05) is 32.7 Å². The largest absolute Gasteiger partial charge is 0.380 e. The molecule has 0 spiro atoms. The van der Waals surface area contributed by atoms with Gasteiger partial charge < -0.3 is 16.2 Å². The van der Waals surface area contributed by atoms with Crippen molar-refractivity contribution >= 4 is 29.0 Å². The van der Waals surface area contributed by atoms with E-state index >= 15 is 0 Å². The number of hydrogen-bond acceptors (Lipinski definition) is 5. The highest BCUT2D eigenvalue weighted by atomic mass is 35.5. The molecule has 0 aromatic heterocycles. The molecule has 3 atom stereocenters. The van der Waals surface area contributed by atoms with E-state index in [9.17, 15) is 14.3 Å². The monoisotopic (exact) mass is 531 g/mol. The predicted molar refractivity (Wildman–Crippen MR) is 143 cm³/mol. The lowest BCUT2D eigenvalue weighted by Gasteiger charge is -2.35. The molecule has 1 heterocycles. The number of piperazine rings is 1. The topological polar surface area (TPSA) is 78.6 Å². The third kappa shape index (κ3) is 5.91. The standard InChI is InChI=1S/C28H32Cl2FN3O2/c29-24-19-26(32,13-14-27(24,30)25(35)20-34-17-15-33-16-18-34)11-4-12-28(36,21-5-2-1-3-6-21)22-7-9-23(31)10-8-22/h1-3,5-10,13-14,19,33,36H,4,11-12,15-18,20,32H2. The van der Waals surface area contributed by atoms with Crippen LogP contribution in [0.4, 0.5) is 4.39 Å². The maximum Gasteiger partial charge on any atom is 0.176 e. The van der Waals surface area contributed by atoms with Crippen molar-refractivity contribution in [3.8, 4) is 0 Å². The number of alkyl halides is 1. The summed E-state index contributed by atoms with van der Waals surface area (Å²) in [4.78, 5) is 13.7. The summed E-state index contributed by atoms with van der Waals surface area (Å²) in [6.45, 7) is 3.45. The number of nitrogens with one attached hydrogen (secondary N) is 1. The molecular weight excluding hydrogens is 500 g/mol. The molecule has 0 bridgehead atoms. The molecule has 4 rings (SSSR count). The summed E-state index contributed by atoms with van der Waals surface area (Å²) in [7, 11) is 0. The average molecular weight is 532 g/mol. The zero-order valence-electron chi connectivity index (χ0n) is 20.1. The Labute approximate surface area is 221 Å². The summed E-state index contributed by atoms with van der Waals surface area (Å²) in [5.74, 6) is -0.543. The Morgan fingerprint density at radius 2 is 1.72 bits per heavy atom. The molecule has 2 aromatic rings. The van der Waals surface area contributed by atoms with Gasteiger partial charge in [-0.1, -0.05) is 77.8 Å². The normalized spacial score (nSPS) is 26.3. The van der Waals surface area contributed by atoms with Crippen LogP contribution in [0.5, 0.6) is 0 Å². The Balaban J connectivity index is 1.45. The van der Waals surface area contributed by atoms with Gasteiger partial charge in [-0.05, 0) is 48.6 Å². The second-order valence-corrected chi connectivity index (χ2v) is 10.7. The van der Waals surface area contributed by atoms with Gasteiger partial charge in [-0.2, -0.15) is 0 Å². The quantitative estimate of drug-likeness (QED) is 0.335. The minimum Gasteiger partial charge on any atom is -0.380 e. The maximum atomic E-state index is 13.5. The van der Waals surface area contributed by atoms with Crippen LogP contribution in [0.15, 0.2) is 77.9 Å². The maximum absolute atomic E-state index is 13.5. The van der Waals surface area contributed by atoms with Gasteiger partial charge in [0.2, 0.25) is 0 Å². The lowest BCUT2D eigenvalue weighted by atomic mass is 9.79. The van der Waals surface area contributed by atoms with E-state index in [1.54, 1.807) is 30.4 Å². The summed E-state index contributed by atoms with van der Waals surface area (Å²) < 4.78 is 13.5. The third-order valence-corrected chi connectivity index (χ3v) is 8.11. The van der Waals surface area contributed by atoms with Crippen molar-refractivity contribution in [3.63, 3.8) is 0 Å². The number of benzene rings is 2. The predicted octanol–water partition coefficient (Wildman–Crippen LogP) is 4.07. The summed E-state index contributed by atoms with van der Waals surface area (Å²) >= 11 is 13.3. The zero-order valence-corrected chi connectivity index (χ0v) is 21.6. The number of Topliss-reactive ketones (excluding diaryl/α,β-unsaturated/α-hetero) is 1.